The third kappa shape index (κ3) is 3.33. The van der Waals surface area contributed by atoms with Crippen LogP contribution in [0.25, 0.3) is 0 Å². The van der Waals surface area contributed by atoms with Gasteiger partial charge in [0.2, 0.25) is 11.0 Å². The molecule has 0 fully saturated rings. The molecule has 0 bridgehead atoms. The summed E-state index contributed by atoms with van der Waals surface area (Å²) in [6, 6.07) is 3.86. The number of ether oxygens (including phenoxy) is 3. The van der Waals surface area contributed by atoms with Gasteiger partial charge in [0, 0.05) is 0 Å². The topological polar surface area (TPSA) is 86.9 Å². The first-order valence-corrected chi connectivity index (χ1v) is 6.73. The van der Waals surface area contributed by atoms with Crippen LogP contribution in [0, 0.1) is 0 Å². The third-order valence-corrected chi connectivity index (χ3v) is 3.27. The molecule has 120 valence electrons. The number of benzene rings is 1. The predicted molar refractivity (Wildman–Crippen MR) is 79.9 cm³/mol. The highest BCUT2D eigenvalue weighted by Gasteiger charge is 2.17. The van der Waals surface area contributed by atoms with E-state index in [1.165, 1.54) is 0 Å². The Morgan fingerprint density at radius 2 is 1.82 bits per heavy atom. The number of nitrogens with two attached hydrogens (primary N) is 1. The number of nitrogens with zero attached hydrogens (tertiary/aromatic N) is 3. The standard InChI is InChI=1S/C14H21N4O4/c1-17(18-9-13(15)22-16-18)6-5-10-7-11(19-2)14(21-4)12(8-10)20-3/h7-9H,5-6,15H2,1-4H3/q+1. The molecule has 8 nitrogen and oxygen atoms in total. The second kappa shape index (κ2) is 6.88. The van der Waals surface area contributed by atoms with E-state index in [1.807, 2.05) is 24.2 Å². The minimum absolute atomic E-state index is 0.264. The van der Waals surface area contributed by atoms with Crippen molar-refractivity contribution >= 4 is 5.88 Å². The van der Waals surface area contributed by atoms with Gasteiger partial charge in [0.25, 0.3) is 12.1 Å². The summed E-state index contributed by atoms with van der Waals surface area (Å²) in [6.45, 7) is 0.704. The Morgan fingerprint density at radius 3 is 2.27 bits per heavy atom. The van der Waals surface area contributed by atoms with E-state index in [0.29, 0.717) is 23.8 Å². The maximum atomic E-state index is 5.51. The van der Waals surface area contributed by atoms with Crippen molar-refractivity contribution < 1.29 is 23.5 Å². The molecular formula is C14H21N4O4+. The van der Waals surface area contributed by atoms with Gasteiger partial charge in [-0.25, -0.2) is 0 Å². The van der Waals surface area contributed by atoms with Crippen molar-refractivity contribution in [2.45, 2.75) is 6.42 Å². The molecule has 0 aliphatic rings. The molecule has 22 heavy (non-hydrogen) atoms. The second-order valence-corrected chi connectivity index (χ2v) is 4.69. The maximum absolute atomic E-state index is 5.51. The number of likely N-dealkylation sites (N-methyl/N-ethyl adjacent to an activating group) is 1. The highest BCUT2D eigenvalue weighted by Crippen LogP contribution is 2.38. The summed E-state index contributed by atoms with van der Waals surface area (Å²) in [5, 5.41) is 5.67. The molecule has 1 heterocycles. The van der Waals surface area contributed by atoms with Gasteiger partial charge in [0.15, 0.2) is 11.5 Å². The Labute approximate surface area is 128 Å². The van der Waals surface area contributed by atoms with Crippen molar-refractivity contribution in [3.8, 4) is 17.2 Å². The first-order valence-electron chi connectivity index (χ1n) is 6.73. The minimum atomic E-state index is 0.264. The summed E-state index contributed by atoms with van der Waals surface area (Å²) in [6.07, 6.45) is 2.36. The number of anilines is 1. The van der Waals surface area contributed by atoms with E-state index in [0.717, 1.165) is 12.0 Å². The fourth-order valence-corrected chi connectivity index (χ4v) is 2.08. The van der Waals surface area contributed by atoms with E-state index in [1.54, 1.807) is 32.3 Å². The summed E-state index contributed by atoms with van der Waals surface area (Å²) in [5.74, 6) is 2.12. The Hall–Kier alpha value is -2.64. The van der Waals surface area contributed by atoms with E-state index in [4.69, 9.17) is 24.5 Å². The Balaban J connectivity index is 2.12. The zero-order chi connectivity index (χ0) is 16.1. The number of rotatable bonds is 7. The van der Waals surface area contributed by atoms with Gasteiger partial charge >= 0.3 is 0 Å². The number of hydrogen-bond donors (Lipinski definition) is 1. The van der Waals surface area contributed by atoms with Crippen LogP contribution < -0.4 is 29.7 Å². The maximum Gasteiger partial charge on any atom is 0.296 e. The quantitative estimate of drug-likeness (QED) is 0.740. The number of nitrogen functional groups attached to an aromatic ring is 1. The van der Waals surface area contributed by atoms with Gasteiger partial charge in [-0.15, -0.1) is 0 Å². The summed E-state index contributed by atoms with van der Waals surface area (Å²) in [7, 11) is 6.67. The van der Waals surface area contributed by atoms with Gasteiger partial charge in [-0.05, 0) is 24.1 Å². The van der Waals surface area contributed by atoms with Gasteiger partial charge in [0.05, 0.1) is 39.7 Å². The van der Waals surface area contributed by atoms with Crippen LogP contribution in [0.3, 0.4) is 0 Å². The SMILES string of the molecule is COc1cc(CCN(C)[n+]2cc(N)on2)cc(OC)c1OC. The fourth-order valence-electron chi connectivity index (χ4n) is 2.08. The largest absolute Gasteiger partial charge is 0.493 e. The van der Waals surface area contributed by atoms with Crippen LogP contribution in [0.1, 0.15) is 5.56 Å². The molecule has 0 radical (unpaired) electrons. The van der Waals surface area contributed by atoms with Crippen LogP contribution in [0.2, 0.25) is 0 Å². The van der Waals surface area contributed by atoms with Crippen molar-refractivity contribution in [1.29, 1.82) is 0 Å². The van der Waals surface area contributed by atoms with Crippen LogP contribution in [0.15, 0.2) is 22.9 Å². The van der Waals surface area contributed by atoms with Gasteiger partial charge in [-0.1, -0.05) is 0 Å². The number of hydrogen-bond acceptors (Lipinski definition) is 7. The molecule has 0 aliphatic carbocycles. The first kappa shape index (κ1) is 15.7. The lowest BCUT2D eigenvalue weighted by Crippen LogP contribution is -2.57. The molecule has 2 aromatic rings. The Kier molecular flexibility index (Phi) is 4.92. The van der Waals surface area contributed by atoms with Gasteiger partial charge in [-0.2, -0.15) is 5.01 Å². The highest BCUT2D eigenvalue weighted by atomic mass is 16.5. The number of aromatic nitrogens is 2. The van der Waals surface area contributed by atoms with Crippen LogP contribution >= 0.6 is 0 Å². The normalized spacial score (nSPS) is 10.4. The molecule has 2 rings (SSSR count). The molecule has 8 heteroatoms. The molecule has 0 saturated carbocycles. The molecule has 0 amide bonds. The average Bonchev–Trinajstić information content (AvgIpc) is 2.97. The molecule has 1 aromatic heterocycles. The fraction of sp³-hybridized carbons (Fsp3) is 0.429. The van der Waals surface area contributed by atoms with Crippen molar-refractivity contribution in [2.24, 2.45) is 0 Å². The zero-order valence-electron chi connectivity index (χ0n) is 13.2. The van der Waals surface area contributed by atoms with Gasteiger partial charge in [-0.3, -0.25) is 4.52 Å². The van der Waals surface area contributed by atoms with E-state index in [9.17, 15) is 0 Å². The summed E-state index contributed by atoms with van der Waals surface area (Å²) in [4.78, 5) is 1.55. The molecule has 2 N–H and O–H groups in total. The number of methoxy groups -OCH3 is 3. The van der Waals surface area contributed by atoms with E-state index in [-0.39, 0.29) is 5.88 Å². The second-order valence-electron chi connectivity index (χ2n) is 4.69. The molecule has 0 saturated heterocycles. The summed E-state index contributed by atoms with van der Waals surface area (Å²) >= 11 is 0. The van der Waals surface area contributed by atoms with Crippen molar-refractivity contribution in [3.63, 3.8) is 0 Å². The first-order chi connectivity index (χ1) is 10.6. The molecule has 1 aromatic carbocycles. The summed E-state index contributed by atoms with van der Waals surface area (Å²) < 4.78 is 20.8. The Bertz CT molecular complexity index is 604. The Morgan fingerprint density at radius 1 is 1.18 bits per heavy atom. The third-order valence-electron chi connectivity index (χ3n) is 3.27. The molecule has 0 spiro atoms. The van der Waals surface area contributed by atoms with Crippen LogP contribution in [0.4, 0.5) is 5.88 Å². The van der Waals surface area contributed by atoms with E-state index in [2.05, 4.69) is 5.27 Å². The van der Waals surface area contributed by atoms with Crippen molar-refractivity contribution in [1.82, 2.24) is 5.27 Å². The van der Waals surface area contributed by atoms with Crippen molar-refractivity contribution in [3.05, 3.63) is 23.9 Å². The monoisotopic (exact) mass is 309 g/mol. The molecule has 0 atom stereocenters. The summed E-state index contributed by atoms with van der Waals surface area (Å²) in [5.41, 5.74) is 6.56. The molecule has 0 aliphatic heterocycles. The van der Waals surface area contributed by atoms with Crippen LogP contribution in [0.5, 0.6) is 17.2 Å². The lowest BCUT2D eigenvalue weighted by molar-refractivity contribution is -0.755. The van der Waals surface area contributed by atoms with Crippen LogP contribution in [-0.4, -0.2) is 40.2 Å². The molecular weight excluding hydrogens is 288 g/mol. The predicted octanol–water partition coefficient (Wildman–Crippen LogP) is 0.381. The lowest BCUT2D eigenvalue weighted by Gasteiger charge is -2.14. The van der Waals surface area contributed by atoms with Gasteiger partial charge < -0.3 is 19.9 Å². The zero-order valence-corrected chi connectivity index (χ0v) is 13.2. The highest BCUT2D eigenvalue weighted by molar-refractivity contribution is 5.53. The van der Waals surface area contributed by atoms with Gasteiger partial charge in [0.1, 0.15) is 0 Å². The lowest BCUT2D eigenvalue weighted by atomic mass is 10.1. The van der Waals surface area contributed by atoms with Crippen molar-refractivity contribution in [2.75, 3.05) is 45.7 Å². The van der Waals surface area contributed by atoms with E-state index < -0.39 is 0 Å². The minimum Gasteiger partial charge on any atom is -0.493 e. The molecule has 0 unspecified atom stereocenters. The van der Waals surface area contributed by atoms with Crippen LogP contribution in [-0.2, 0) is 6.42 Å². The average molecular weight is 309 g/mol. The smallest absolute Gasteiger partial charge is 0.296 e. The van der Waals surface area contributed by atoms with E-state index >= 15 is 0 Å².